The molecule has 4 rings (SSSR count). The number of hydrogen-bond acceptors (Lipinski definition) is 8. The van der Waals surface area contributed by atoms with Crippen LogP contribution in [0, 0.1) is 0 Å². The second kappa shape index (κ2) is 7.65. The van der Waals surface area contributed by atoms with Crippen molar-refractivity contribution in [1.82, 2.24) is 25.0 Å². The highest BCUT2D eigenvalue weighted by Crippen LogP contribution is 2.40. The van der Waals surface area contributed by atoms with Gasteiger partial charge in [-0.05, 0) is 44.0 Å². The van der Waals surface area contributed by atoms with Crippen LogP contribution in [0.2, 0.25) is 0 Å². The molecule has 0 aliphatic heterocycles. The zero-order valence-electron chi connectivity index (χ0n) is 14.6. The minimum atomic E-state index is -0.160. The summed E-state index contributed by atoms with van der Waals surface area (Å²) in [6, 6.07) is 6.69. The predicted octanol–water partition coefficient (Wildman–Crippen LogP) is 3.13. The molecule has 2 aromatic heterocycles. The van der Waals surface area contributed by atoms with Crippen molar-refractivity contribution in [3.63, 3.8) is 0 Å². The maximum atomic E-state index is 12.2. The van der Waals surface area contributed by atoms with Gasteiger partial charge in [0.2, 0.25) is 11.0 Å². The average molecular weight is 403 g/mol. The first-order valence-corrected chi connectivity index (χ1v) is 10.4. The molecule has 0 unspecified atom stereocenters. The Morgan fingerprint density at radius 1 is 1.26 bits per heavy atom. The smallest absolute Gasteiger partial charge is 0.236 e. The first-order chi connectivity index (χ1) is 13.1. The van der Waals surface area contributed by atoms with E-state index in [2.05, 4.69) is 37.2 Å². The van der Waals surface area contributed by atoms with Crippen LogP contribution in [-0.2, 0) is 11.3 Å². The summed E-state index contributed by atoms with van der Waals surface area (Å²) in [5.41, 5.74) is 0.837. The van der Waals surface area contributed by atoms with Gasteiger partial charge in [-0.3, -0.25) is 10.1 Å². The number of phenolic OH excluding ortho intramolecular Hbond substituents is 1. The maximum absolute atomic E-state index is 12.2. The fourth-order valence-corrected chi connectivity index (χ4v) is 4.20. The number of nitrogens with zero attached hydrogens (tertiary/aromatic N) is 5. The summed E-state index contributed by atoms with van der Waals surface area (Å²) in [5, 5.41) is 30.6. The largest absolute Gasteiger partial charge is 0.508 e. The van der Waals surface area contributed by atoms with Crippen molar-refractivity contribution in [1.29, 1.82) is 0 Å². The molecule has 1 fully saturated rings. The van der Waals surface area contributed by atoms with E-state index in [1.165, 1.54) is 35.9 Å². The molecule has 1 aromatic carbocycles. The summed E-state index contributed by atoms with van der Waals surface area (Å²) >= 11 is 2.66. The van der Waals surface area contributed by atoms with Crippen molar-refractivity contribution < 1.29 is 9.90 Å². The minimum Gasteiger partial charge on any atom is -0.508 e. The van der Waals surface area contributed by atoms with Crippen LogP contribution in [0.4, 0.5) is 5.13 Å². The van der Waals surface area contributed by atoms with E-state index in [4.69, 9.17) is 0 Å². The van der Waals surface area contributed by atoms with Crippen LogP contribution < -0.4 is 5.32 Å². The van der Waals surface area contributed by atoms with Gasteiger partial charge in [0.1, 0.15) is 16.6 Å². The van der Waals surface area contributed by atoms with Crippen molar-refractivity contribution in [2.75, 3.05) is 11.1 Å². The van der Waals surface area contributed by atoms with Crippen molar-refractivity contribution in [2.24, 2.45) is 0 Å². The highest BCUT2D eigenvalue weighted by atomic mass is 32.2. The first kappa shape index (κ1) is 17.9. The van der Waals surface area contributed by atoms with Gasteiger partial charge in [0.25, 0.3) is 0 Å². The van der Waals surface area contributed by atoms with Gasteiger partial charge < -0.3 is 9.67 Å². The number of hydrogen-bond donors (Lipinski definition) is 2. The summed E-state index contributed by atoms with van der Waals surface area (Å²) in [7, 11) is 0. The summed E-state index contributed by atoms with van der Waals surface area (Å²) in [6.45, 7) is 2.86. The van der Waals surface area contributed by atoms with E-state index in [9.17, 15) is 9.90 Å². The Balaban J connectivity index is 1.35. The molecule has 8 nitrogen and oxygen atoms in total. The summed E-state index contributed by atoms with van der Waals surface area (Å²) in [5.74, 6) is 1.82. The van der Waals surface area contributed by atoms with E-state index in [1.807, 2.05) is 0 Å². The predicted molar refractivity (Wildman–Crippen MR) is 104 cm³/mol. The second-order valence-corrected chi connectivity index (χ2v) is 8.08. The van der Waals surface area contributed by atoms with E-state index in [1.54, 1.807) is 24.3 Å². The molecule has 1 amide bonds. The highest BCUT2D eigenvalue weighted by Gasteiger charge is 2.30. The molecule has 0 radical (unpaired) electrons. The van der Waals surface area contributed by atoms with Crippen LogP contribution in [0.5, 0.6) is 5.75 Å². The van der Waals surface area contributed by atoms with Crippen molar-refractivity contribution in [3.8, 4) is 16.3 Å². The number of amides is 1. The molecule has 0 atom stereocenters. The Hall–Kier alpha value is -2.46. The van der Waals surface area contributed by atoms with Gasteiger partial charge in [-0.1, -0.05) is 23.1 Å². The summed E-state index contributed by atoms with van der Waals surface area (Å²) in [4.78, 5) is 12.2. The third-order valence-corrected chi connectivity index (χ3v) is 5.98. The van der Waals surface area contributed by atoms with Gasteiger partial charge in [-0.15, -0.1) is 20.4 Å². The lowest BCUT2D eigenvalue weighted by atomic mass is 10.2. The van der Waals surface area contributed by atoms with Gasteiger partial charge in [-0.2, -0.15) is 0 Å². The average Bonchev–Trinajstić information content (AvgIpc) is 3.26. The third-order valence-electron chi connectivity index (χ3n) is 4.12. The number of rotatable bonds is 7. The SMILES string of the molecule is CCn1c(SCC(=O)Nc2nnc(-c3ccc(O)cc3)s2)nnc1C1CC1. The van der Waals surface area contributed by atoms with Crippen LogP contribution in [0.3, 0.4) is 0 Å². The molecule has 1 saturated carbocycles. The van der Waals surface area contributed by atoms with E-state index >= 15 is 0 Å². The molecular formula is C17H18N6O2S2. The zero-order valence-corrected chi connectivity index (χ0v) is 16.3. The molecule has 0 spiro atoms. The minimum absolute atomic E-state index is 0.160. The standard InChI is InChI=1S/C17H18N6O2S2/c1-2-23-14(10-3-4-10)19-22-17(23)26-9-13(25)18-16-21-20-15(27-16)11-5-7-12(24)8-6-11/h5-8,10,24H,2-4,9H2,1H3,(H,18,21,25). The first-order valence-electron chi connectivity index (χ1n) is 8.62. The molecule has 10 heteroatoms. The molecule has 0 bridgehead atoms. The third kappa shape index (κ3) is 4.11. The number of carbonyl (C=O) groups is 1. The number of benzene rings is 1. The van der Waals surface area contributed by atoms with Crippen molar-refractivity contribution in [3.05, 3.63) is 30.1 Å². The van der Waals surface area contributed by atoms with Crippen LogP contribution in [0.25, 0.3) is 10.6 Å². The Labute approximate surface area is 164 Å². The van der Waals surface area contributed by atoms with Gasteiger partial charge >= 0.3 is 0 Å². The number of thioether (sulfide) groups is 1. The Morgan fingerprint density at radius 3 is 2.74 bits per heavy atom. The van der Waals surface area contributed by atoms with Gasteiger partial charge in [0, 0.05) is 18.0 Å². The lowest BCUT2D eigenvalue weighted by Crippen LogP contribution is -2.14. The monoisotopic (exact) mass is 402 g/mol. The molecular weight excluding hydrogens is 384 g/mol. The van der Waals surface area contributed by atoms with Crippen molar-refractivity contribution in [2.45, 2.75) is 37.4 Å². The number of carbonyl (C=O) groups excluding carboxylic acids is 1. The van der Waals surface area contributed by atoms with Crippen LogP contribution in [0.1, 0.15) is 31.5 Å². The van der Waals surface area contributed by atoms with Crippen LogP contribution in [-0.4, -0.2) is 41.7 Å². The molecule has 2 heterocycles. The van der Waals surface area contributed by atoms with Gasteiger partial charge in [0.05, 0.1) is 5.75 Å². The van der Waals surface area contributed by atoms with Crippen LogP contribution >= 0.6 is 23.1 Å². The molecule has 1 aliphatic rings. The number of aromatic hydroxyl groups is 1. The fourth-order valence-electron chi connectivity index (χ4n) is 2.63. The quantitative estimate of drug-likeness (QED) is 0.585. The topological polar surface area (TPSA) is 106 Å². The Morgan fingerprint density at radius 2 is 2.04 bits per heavy atom. The van der Waals surface area contributed by atoms with E-state index in [0.717, 1.165) is 23.1 Å². The molecule has 0 saturated heterocycles. The van der Waals surface area contributed by atoms with E-state index in [0.29, 0.717) is 16.1 Å². The lowest BCUT2D eigenvalue weighted by Gasteiger charge is -2.06. The number of aromatic nitrogens is 5. The highest BCUT2D eigenvalue weighted by molar-refractivity contribution is 7.99. The summed E-state index contributed by atoms with van der Waals surface area (Å²) < 4.78 is 2.09. The lowest BCUT2D eigenvalue weighted by molar-refractivity contribution is -0.113. The number of phenols is 1. The van der Waals surface area contributed by atoms with E-state index in [-0.39, 0.29) is 17.4 Å². The molecule has 2 N–H and O–H groups in total. The Bertz CT molecular complexity index is 949. The second-order valence-electron chi connectivity index (χ2n) is 6.16. The van der Waals surface area contributed by atoms with E-state index < -0.39 is 0 Å². The van der Waals surface area contributed by atoms with Gasteiger partial charge in [-0.25, -0.2) is 0 Å². The molecule has 140 valence electrons. The Kier molecular flexibility index (Phi) is 5.08. The molecule has 3 aromatic rings. The zero-order chi connectivity index (χ0) is 18.8. The number of nitrogens with one attached hydrogen (secondary N) is 1. The van der Waals surface area contributed by atoms with Crippen LogP contribution in [0.15, 0.2) is 29.4 Å². The molecule has 1 aliphatic carbocycles. The van der Waals surface area contributed by atoms with Crippen molar-refractivity contribution >= 4 is 34.1 Å². The molecule has 27 heavy (non-hydrogen) atoms. The fraction of sp³-hybridized carbons (Fsp3) is 0.353. The summed E-state index contributed by atoms with van der Waals surface area (Å²) in [6.07, 6.45) is 2.34. The maximum Gasteiger partial charge on any atom is 0.236 e. The van der Waals surface area contributed by atoms with Gasteiger partial charge in [0.15, 0.2) is 5.16 Å². The number of anilines is 1. The normalized spacial score (nSPS) is 13.7.